The highest BCUT2D eigenvalue weighted by molar-refractivity contribution is 5.33. The van der Waals surface area contributed by atoms with E-state index in [0.717, 1.165) is 6.20 Å². The van der Waals surface area contributed by atoms with Crippen molar-refractivity contribution in [1.82, 2.24) is 4.98 Å². The van der Waals surface area contributed by atoms with Gasteiger partial charge in [-0.05, 0) is 24.1 Å². The number of benzene rings is 1. The van der Waals surface area contributed by atoms with Crippen molar-refractivity contribution in [3.05, 3.63) is 65.0 Å². The minimum atomic E-state index is -0.710. The summed E-state index contributed by atoms with van der Waals surface area (Å²) in [6, 6.07) is 5.53. The van der Waals surface area contributed by atoms with Crippen molar-refractivity contribution in [3.63, 3.8) is 0 Å². The van der Waals surface area contributed by atoms with Gasteiger partial charge in [-0.25, -0.2) is 8.78 Å². The summed E-state index contributed by atoms with van der Waals surface area (Å²) in [4.78, 5) is 3.71. The molecule has 0 aliphatic rings. The molecule has 1 atom stereocenters. The fraction of sp³-hybridized carbons (Fsp3) is 0.154. The number of rotatable bonds is 2. The van der Waals surface area contributed by atoms with E-state index < -0.39 is 11.9 Å². The minimum Gasteiger partial charge on any atom is -0.320 e. The van der Waals surface area contributed by atoms with Crippen LogP contribution in [0.2, 0.25) is 0 Å². The second-order valence-electron chi connectivity index (χ2n) is 3.89. The molecule has 0 fully saturated rings. The molecule has 0 saturated heterocycles. The molecule has 2 aromatic rings. The SMILES string of the molecule is Cc1cccc(C(N)c2cncc(F)c2)c1F. The molecule has 1 unspecified atom stereocenters. The zero-order valence-electron chi connectivity index (χ0n) is 9.32. The Bertz CT molecular complexity index is 541. The highest BCUT2D eigenvalue weighted by atomic mass is 19.1. The van der Waals surface area contributed by atoms with Crippen molar-refractivity contribution in [2.75, 3.05) is 0 Å². The van der Waals surface area contributed by atoms with Gasteiger partial charge in [-0.2, -0.15) is 0 Å². The van der Waals surface area contributed by atoms with Crippen molar-refractivity contribution in [1.29, 1.82) is 0 Å². The predicted octanol–water partition coefficient (Wildman–Crippen LogP) is 2.72. The predicted molar refractivity (Wildman–Crippen MR) is 61.4 cm³/mol. The van der Waals surface area contributed by atoms with E-state index in [2.05, 4.69) is 4.98 Å². The third kappa shape index (κ3) is 2.31. The molecule has 1 aromatic heterocycles. The van der Waals surface area contributed by atoms with Gasteiger partial charge in [-0.1, -0.05) is 18.2 Å². The molecular formula is C13H12F2N2. The minimum absolute atomic E-state index is 0.345. The molecule has 2 N–H and O–H groups in total. The molecular weight excluding hydrogens is 222 g/mol. The van der Waals surface area contributed by atoms with Gasteiger partial charge in [0.25, 0.3) is 0 Å². The number of aromatic nitrogens is 1. The fourth-order valence-electron chi connectivity index (χ4n) is 1.69. The maximum Gasteiger partial charge on any atom is 0.141 e. The molecule has 2 rings (SSSR count). The Morgan fingerprint density at radius 3 is 2.71 bits per heavy atom. The monoisotopic (exact) mass is 234 g/mol. The Morgan fingerprint density at radius 1 is 1.24 bits per heavy atom. The van der Waals surface area contributed by atoms with E-state index in [1.807, 2.05) is 0 Å². The average Bonchev–Trinajstić information content (AvgIpc) is 2.32. The Kier molecular flexibility index (Phi) is 3.15. The molecule has 0 aliphatic carbocycles. The number of halogens is 2. The zero-order chi connectivity index (χ0) is 12.4. The van der Waals surface area contributed by atoms with Crippen LogP contribution in [0.25, 0.3) is 0 Å². The first kappa shape index (κ1) is 11.7. The molecule has 0 saturated carbocycles. The number of hydrogen-bond donors (Lipinski definition) is 1. The molecule has 1 aromatic carbocycles. The van der Waals surface area contributed by atoms with E-state index in [1.165, 1.54) is 12.3 Å². The number of nitrogens with zero attached hydrogens (tertiary/aromatic N) is 1. The smallest absolute Gasteiger partial charge is 0.141 e. The van der Waals surface area contributed by atoms with Crippen LogP contribution in [0.15, 0.2) is 36.7 Å². The standard InChI is InChI=1S/C13H12F2N2/c1-8-3-2-4-11(12(8)15)13(16)9-5-10(14)7-17-6-9/h2-7,13H,16H2,1H3. The first-order chi connectivity index (χ1) is 8.09. The number of hydrogen-bond acceptors (Lipinski definition) is 2. The van der Waals surface area contributed by atoms with E-state index in [1.54, 1.807) is 25.1 Å². The summed E-state index contributed by atoms with van der Waals surface area (Å²) >= 11 is 0. The van der Waals surface area contributed by atoms with Gasteiger partial charge in [0.15, 0.2) is 0 Å². The lowest BCUT2D eigenvalue weighted by molar-refractivity contribution is 0.586. The van der Waals surface area contributed by atoms with Gasteiger partial charge < -0.3 is 5.73 Å². The molecule has 0 spiro atoms. The Hall–Kier alpha value is -1.81. The summed E-state index contributed by atoms with van der Waals surface area (Å²) in [6.45, 7) is 1.66. The maximum absolute atomic E-state index is 13.8. The van der Waals surface area contributed by atoms with Crippen molar-refractivity contribution in [2.24, 2.45) is 5.73 Å². The normalized spacial score (nSPS) is 12.5. The van der Waals surface area contributed by atoms with Gasteiger partial charge in [0, 0.05) is 11.8 Å². The van der Waals surface area contributed by atoms with Gasteiger partial charge in [-0.15, -0.1) is 0 Å². The fourth-order valence-corrected chi connectivity index (χ4v) is 1.69. The highest BCUT2D eigenvalue weighted by Crippen LogP contribution is 2.23. The average molecular weight is 234 g/mol. The molecule has 0 bridgehead atoms. The Morgan fingerprint density at radius 2 is 2.00 bits per heavy atom. The van der Waals surface area contributed by atoms with Gasteiger partial charge in [0.2, 0.25) is 0 Å². The van der Waals surface area contributed by atoms with Crippen LogP contribution in [0.5, 0.6) is 0 Å². The summed E-state index contributed by atoms with van der Waals surface area (Å²) in [7, 11) is 0. The first-order valence-electron chi connectivity index (χ1n) is 5.20. The Balaban J connectivity index is 2.44. The topological polar surface area (TPSA) is 38.9 Å². The molecule has 0 radical (unpaired) electrons. The van der Waals surface area contributed by atoms with Crippen molar-refractivity contribution in [3.8, 4) is 0 Å². The van der Waals surface area contributed by atoms with Crippen molar-refractivity contribution in [2.45, 2.75) is 13.0 Å². The van der Waals surface area contributed by atoms with E-state index >= 15 is 0 Å². The van der Waals surface area contributed by atoms with E-state index in [-0.39, 0.29) is 5.82 Å². The third-order valence-corrected chi connectivity index (χ3v) is 2.64. The molecule has 0 amide bonds. The lowest BCUT2D eigenvalue weighted by atomic mass is 9.99. The number of nitrogens with two attached hydrogens (primary N) is 1. The molecule has 17 heavy (non-hydrogen) atoms. The first-order valence-corrected chi connectivity index (χ1v) is 5.20. The largest absolute Gasteiger partial charge is 0.320 e. The van der Waals surface area contributed by atoms with Crippen LogP contribution in [0.1, 0.15) is 22.7 Å². The van der Waals surface area contributed by atoms with Gasteiger partial charge in [-0.3, -0.25) is 4.98 Å². The quantitative estimate of drug-likeness (QED) is 0.867. The van der Waals surface area contributed by atoms with Gasteiger partial charge >= 0.3 is 0 Å². The lowest BCUT2D eigenvalue weighted by Gasteiger charge is -2.14. The summed E-state index contributed by atoms with van der Waals surface area (Å²) in [6.07, 6.45) is 2.53. The molecule has 0 aliphatic heterocycles. The van der Waals surface area contributed by atoms with Crippen LogP contribution in [-0.2, 0) is 0 Å². The molecule has 1 heterocycles. The van der Waals surface area contributed by atoms with Crippen LogP contribution in [0.3, 0.4) is 0 Å². The summed E-state index contributed by atoms with van der Waals surface area (Å²) < 4.78 is 26.9. The van der Waals surface area contributed by atoms with Gasteiger partial charge in [0.05, 0.1) is 12.2 Å². The third-order valence-electron chi connectivity index (χ3n) is 2.64. The van der Waals surface area contributed by atoms with Crippen LogP contribution < -0.4 is 5.73 Å². The van der Waals surface area contributed by atoms with Gasteiger partial charge in [0.1, 0.15) is 11.6 Å². The van der Waals surface area contributed by atoms with Crippen LogP contribution in [-0.4, -0.2) is 4.98 Å². The second-order valence-corrected chi connectivity index (χ2v) is 3.89. The zero-order valence-corrected chi connectivity index (χ0v) is 9.32. The van der Waals surface area contributed by atoms with E-state index in [4.69, 9.17) is 5.73 Å². The Labute approximate surface area is 98.1 Å². The second kappa shape index (κ2) is 4.59. The summed E-state index contributed by atoms with van der Waals surface area (Å²) in [5.74, 6) is -0.838. The number of pyridine rings is 1. The molecule has 88 valence electrons. The summed E-state index contributed by atoms with van der Waals surface area (Å²) in [5.41, 5.74) is 7.22. The molecule has 2 nitrogen and oxygen atoms in total. The van der Waals surface area contributed by atoms with E-state index in [9.17, 15) is 8.78 Å². The molecule has 4 heteroatoms. The van der Waals surface area contributed by atoms with E-state index in [0.29, 0.717) is 16.7 Å². The number of aryl methyl sites for hydroxylation is 1. The van der Waals surface area contributed by atoms with Crippen LogP contribution in [0, 0.1) is 18.6 Å². The van der Waals surface area contributed by atoms with Crippen molar-refractivity contribution < 1.29 is 8.78 Å². The summed E-state index contributed by atoms with van der Waals surface area (Å²) in [5, 5.41) is 0. The maximum atomic E-state index is 13.8. The van der Waals surface area contributed by atoms with Crippen molar-refractivity contribution >= 4 is 0 Å². The van der Waals surface area contributed by atoms with Crippen LogP contribution in [0.4, 0.5) is 8.78 Å². The highest BCUT2D eigenvalue weighted by Gasteiger charge is 2.15. The van der Waals surface area contributed by atoms with Crippen LogP contribution >= 0.6 is 0 Å². The lowest BCUT2D eigenvalue weighted by Crippen LogP contribution is -2.14.